The second-order valence-electron chi connectivity index (χ2n) is 15.3. The van der Waals surface area contributed by atoms with Crippen LogP contribution >= 0.6 is 11.3 Å². The van der Waals surface area contributed by atoms with E-state index in [2.05, 4.69) is 37.8 Å². The summed E-state index contributed by atoms with van der Waals surface area (Å²) in [5, 5.41) is 7.28. The maximum Gasteiger partial charge on any atom is 0.330 e. The highest BCUT2D eigenvalue weighted by atomic mass is 32.1. The van der Waals surface area contributed by atoms with Gasteiger partial charge in [0.25, 0.3) is 0 Å². The summed E-state index contributed by atoms with van der Waals surface area (Å²) in [6, 6.07) is 29.1. The van der Waals surface area contributed by atoms with Crippen LogP contribution in [0.4, 0.5) is 5.13 Å². The molecule has 12 nitrogen and oxygen atoms in total. The van der Waals surface area contributed by atoms with E-state index in [1.807, 2.05) is 42.5 Å². The number of benzene rings is 4. The molecule has 0 radical (unpaired) electrons. The second-order valence-corrected chi connectivity index (χ2v) is 16.3. The number of rotatable bonds is 24. The summed E-state index contributed by atoms with van der Waals surface area (Å²) in [6.07, 6.45) is 10.6. The van der Waals surface area contributed by atoms with Gasteiger partial charge in [0.05, 0.1) is 54.7 Å². The molecule has 63 heavy (non-hydrogen) atoms. The number of carbonyl (C=O) groups excluding carboxylic acids is 3. The third-order valence-electron chi connectivity index (χ3n) is 10.7. The first-order chi connectivity index (χ1) is 30.8. The first-order valence-corrected chi connectivity index (χ1v) is 22.6. The summed E-state index contributed by atoms with van der Waals surface area (Å²) in [7, 11) is 1.63. The number of hydrogen-bond donors (Lipinski definition) is 0. The SMILES string of the molecule is C=CC(=O)OCCCCCCOc1ccc(OC(=O)C2CCC(C(=O)Oc3ccc(-c4ccc(CCC)cc4)c(/C=N/N(COCCOC)c4nc5ccccc5s4)c3)CC2)cc1. The molecule has 0 aliphatic heterocycles. The molecule has 1 fully saturated rings. The molecule has 1 aliphatic rings. The average Bonchev–Trinajstić information content (AvgIpc) is 3.75. The Bertz CT molecular complexity index is 2230. The van der Waals surface area contributed by atoms with Crippen molar-refractivity contribution in [2.75, 3.05) is 45.3 Å². The third-order valence-corrected chi connectivity index (χ3v) is 11.7. The summed E-state index contributed by atoms with van der Waals surface area (Å²) in [4.78, 5) is 42.6. The summed E-state index contributed by atoms with van der Waals surface area (Å²) < 4.78 is 34.7. The molecule has 1 saturated carbocycles. The van der Waals surface area contributed by atoms with E-state index in [4.69, 9.17) is 38.5 Å². The van der Waals surface area contributed by atoms with Crippen LogP contribution in [0.5, 0.6) is 17.2 Å². The van der Waals surface area contributed by atoms with Gasteiger partial charge in [-0.15, -0.1) is 0 Å². The Morgan fingerprint density at radius 2 is 1.46 bits per heavy atom. The topological polar surface area (TPSA) is 135 Å². The van der Waals surface area contributed by atoms with E-state index in [0.717, 1.165) is 65.4 Å². The van der Waals surface area contributed by atoms with Gasteiger partial charge in [0.1, 0.15) is 24.0 Å². The fourth-order valence-electron chi connectivity index (χ4n) is 7.19. The number of unbranched alkanes of at least 4 members (excludes halogenated alkanes) is 3. The number of esters is 3. The molecule has 0 N–H and O–H groups in total. The number of para-hydroxylation sites is 1. The van der Waals surface area contributed by atoms with Gasteiger partial charge < -0.3 is 28.4 Å². The minimum absolute atomic E-state index is 0.162. The number of thiazole rings is 1. The fraction of sp³-hybridized carbons (Fsp3) is 0.380. The van der Waals surface area contributed by atoms with Gasteiger partial charge in [0.15, 0.2) is 0 Å². The van der Waals surface area contributed by atoms with Gasteiger partial charge in [0.2, 0.25) is 5.13 Å². The van der Waals surface area contributed by atoms with Gasteiger partial charge in [0, 0.05) is 18.7 Å². The van der Waals surface area contributed by atoms with Crippen molar-refractivity contribution in [1.29, 1.82) is 0 Å². The highest BCUT2D eigenvalue weighted by Gasteiger charge is 2.32. The molecular weight excluding hydrogens is 819 g/mol. The van der Waals surface area contributed by atoms with Gasteiger partial charge >= 0.3 is 17.9 Å². The van der Waals surface area contributed by atoms with Gasteiger partial charge in [-0.25, -0.2) is 14.8 Å². The number of carbonyl (C=O) groups is 3. The maximum atomic E-state index is 13.6. The van der Waals surface area contributed by atoms with Crippen molar-refractivity contribution >= 4 is 50.8 Å². The molecule has 1 aromatic heterocycles. The van der Waals surface area contributed by atoms with Crippen LogP contribution < -0.4 is 19.2 Å². The first kappa shape index (κ1) is 46.6. The monoisotopic (exact) mass is 875 g/mol. The van der Waals surface area contributed by atoms with E-state index < -0.39 is 5.97 Å². The lowest BCUT2D eigenvalue weighted by atomic mass is 9.82. The van der Waals surface area contributed by atoms with Crippen LogP contribution in [0.2, 0.25) is 0 Å². The van der Waals surface area contributed by atoms with E-state index >= 15 is 0 Å². The number of aromatic nitrogens is 1. The normalized spacial score (nSPS) is 15.0. The Morgan fingerprint density at radius 1 is 0.794 bits per heavy atom. The Kier molecular flexibility index (Phi) is 18.3. The molecule has 1 heterocycles. The molecule has 4 aromatic carbocycles. The van der Waals surface area contributed by atoms with Crippen molar-refractivity contribution in [3.8, 4) is 28.4 Å². The largest absolute Gasteiger partial charge is 0.494 e. The summed E-state index contributed by atoms with van der Waals surface area (Å²) in [5.74, 6) is -0.134. The van der Waals surface area contributed by atoms with Crippen LogP contribution in [0, 0.1) is 11.8 Å². The Morgan fingerprint density at radius 3 is 2.14 bits per heavy atom. The third kappa shape index (κ3) is 14.3. The molecular formula is C50H57N3O9S. The number of ether oxygens (including phenoxy) is 6. The lowest BCUT2D eigenvalue weighted by molar-refractivity contribution is -0.145. The predicted octanol–water partition coefficient (Wildman–Crippen LogP) is 10.4. The Balaban J connectivity index is 1.04. The zero-order valence-corrected chi connectivity index (χ0v) is 37.0. The predicted molar refractivity (Wildman–Crippen MR) is 247 cm³/mol. The zero-order valence-electron chi connectivity index (χ0n) is 36.2. The molecule has 332 valence electrons. The van der Waals surface area contributed by atoms with Crippen LogP contribution in [0.3, 0.4) is 0 Å². The summed E-state index contributed by atoms with van der Waals surface area (Å²) >= 11 is 1.52. The van der Waals surface area contributed by atoms with Crippen LogP contribution in [-0.4, -0.2) is 69.4 Å². The molecule has 0 amide bonds. The summed E-state index contributed by atoms with van der Waals surface area (Å²) in [5.41, 5.74) is 4.85. The van der Waals surface area contributed by atoms with E-state index in [1.165, 1.54) is 23.0 Å². The zero-order chi connectivity index (χ0) is 44.2. The Labute approximate surface area is 373 Å². The van der Waals surface area contributed by atoms with Crippen LogP contribution in [0.25, 0.3) is 21.3 Å². The number of fused-ring (bicyclic) bond motifs is 1. The number of anilines is 1. The van der Waals surface area contributed by atoms with E-state index in [0.29, 0.717) is 74.5 Å². The van der Waals surface area contributed by atoms with Crippen LogP contribution in [0.1, 0.15) is 75.8 Å². The van der Waals surface area contributed by atoms with Crippen molar-refractivity contribution in [3.63, 3.8) is 0 Å². The standard InChI is InChI=1S/C50H57N3O9S/c1-4-12-36-15-17-37(18-16-36)44-28-27-43(33-40(44)34-51-53(35-58-32-31-57-3)50-52-45-13-8-9-14-46(45)63-50)62-49(56)39-21-19-38(20-22-39)48(55)61-42-25-23-41(24-26-42)59-29-10-6-7-11-30-60-47(54)5-2/h5,8-9,13-18,23-28,33-34,38-39H,2,4,6-7,10-12,19-22,29-32,35H2,1,3H3/b51-34+. The summed E-state index contributed by atoms with van der Waals surface area (Å²) in [6.45, 7) is 7.51. The molecule has 0 atom stereocenters. The van der Waals surface area contributed by atoms with Crippen LogP contribution in [0.15, 0.2) is 109 Å². The minimum atomic E-state index is -0.398. The molecule has 6 rings (SSSR count). The molecule has 13 heteroatoms. The smallest absolute Gasteiger partial charge is 0.330 e. The van der Waals surface area contributed by atoms with Gasteiger partial charge in [-0.1, -0.05) is 73.7 Å². The number of nitrogens with zero attached hydrogens (tertiary/aromatic N) is 3. The molecule has 0 bridgehead atoms. The number of methoxy groups -OCH3 is 1. The van der Waals surface area contributed by atoms with Crippen molar-refractivity contribution in [3.05, 3.63) is 115 Å². The average molecular weight is 876 g/mol. The lowest BCUT2D eigenvalue weighted by Crippen LogP contribution is -2.30. The van der Waals surface area contributed by atoms with Crippen molar-refractivity contribution < 1.29 is 42.8 Å². The number of aryl methyl sites for hydroxylation is 1. The van der Waals surface area contributed by atoms with E-state index in [9.17, 15) is 14.4 Å². The highest BCUT2D eigenvalue weighted by Crippen LogP contribution is 2.34. The van der Waals surface area contributed by atoms with Crippen molar-refractivity contribution in [2.24, 2.45) is 16.9 Å². The number of hydrazone groups is 1. The molecule has 0 spiro atoms. The van der Waals surface area contributed by atoms with Crippen molar-refractivity contribution in [1.82, 2.24) is 4.98 Å². The quantitative estimate of drug-likeness (QED) is 0.0111. The highest BCUT2D eigenvalue weighted by molar-refractivity contribution is 7.22. The van der Waals surface area contributed by atoms with E-state index in [1.54, 1.807) is 42.6 Å². The fourth-order valence-corrected chi connectivity index (χ4v) is 8.11. The lowest BCUT2D eigenvalue weighted by Gasteiger charge is -2.26. The van der Waals surface area contributed by atoms with Gasteiger partial charge in [-0.3, -0.25) is 9.59 Å². The second kappa shape index (κ2) is 24.7. The molecule has 1 aliphatic carbocycles. The molecule has 0 unspecified atom stereocenters. The minimum Gasteiger partial charge on any atom is -0.494 e. The first-order valence-electron chi connectivity index (χ1n) is 21.8. The van der Waals surface area contributed by atoms with Gasteiger partial charge in [-0.2, -0.15) is 5.10 Å². The molecule has 5 aromatic rings. The van der Waals surface area contributed by atoms with E-state index in [-0.39, 0.29) is 30.5 Å². The van der Waals surface area contributed by atoms with Gasteiger partial charge in [-0.05, 0) is 123 Å². The maximum absolute atomic E-state index is 13.6. The molecule has 0 saturated heterocycles. The van der Waals surface area contributed by atoms with Crippen LogP contribution in [-0.2, 0) is 35.0 Å². The Hall–Kier alpha value is -5.89. The van der Waals surface area contributed by atoms with Crippen molar-refractivity contribution in [2.45, 2.75) is 71.1 Å². The number of hydrogen-bond acceptors (Lipinski definition) is 13.